The van der Waals surface area contributed by atoms with Gasteiger partial charge in [-0.1, -0.05) is 11.6 Å². The summed E-state index contributed by atoms with van der Waals surface area (Å²) in [6, 6.07) is 4.36. The van der Waals surface area contributed by atoms with Crippen molar-refractivity contribution in [2.75, 3.05) is 12.4 Å². The smallest absolute Gasteiger partial charge is 0.141 e. The van der Waals surface area contributed by atoms with Crippen molar-refractivity contribution in [1.29, 1.82) is 0 Å². The quantitative estimate of drug-likeness (QED) is 0.685. The summed E-state index contributed by atoms with van der Waals surface area (Å²) in [5, 5.41) is 0.0823. The molecule has 0 unspecified atom stereocenters. The lowest BCUT2D eigenvalue weighted by Crippen LogP contribution is -1.82. The Bertz CT molecular complexity index is 265. The van der Waals surface area contributed by atoms with Gasteiger partial charge in [-0.25, -0.2) is 4.39 Å². The van der Waals surface area contributed by atoms with E-state index in [-0.39, 0.29) is 11.7 Å². The first-order valence-electron chi connectivity index (χ1n) is 3.38. The van der Waals surface area contributed by atoms with E-state index in [1.807, 2.05) is 0 Å². The predicted octanol–water partition coefficient (Wildman–Crippen LogP) is 3.54. The topological polar surface area (TPSA) is 0 Å². The van der Waals surface area contributed by atoms with Crippen LogP contribution in [-0.4, -0.2) is 12.4 Å². The number of alkyl halides is 1. The summed E-state index contributed by atoms with van der Waals surface area (Å²) < 4.78 is 24.3. The molecule has 66 valence electrons. The lowest BCUT2D eigenvalue weighted by molar-refractivity contribution is 0.533. The van der Waals surface area contributed by atoms with E-state index in [1.165, 1.54) is 23.9 Å². The molecule has 0 aliphatic carbocycles. The Labute approximate surface area is 78.9 Å². The van der Waals surface area contributed by atoms with Crippen molar-refractivity contribution in [3.8, 4) is 0 Å². The highest BCUT2D eigenvalue weighted by atomic mass is 35.5. The van der Waals surface area contributed by atoms with E-state index in [4.69, 9.17) is 11.6 Å². The van der Waals surface area contributed by atoms with Gasteiger partial charge in [0, 0.05) is 10.6 Å². The Balaban J connectivity index is 2.69. The van der Waals surface area contributed by atoms with Crippen LogP contribution in [0.25, 0.3) is 0 Å². The molecular formula is C8H7ClF2S. The maximum Gasteiger partial charge on any atom is 0.141 e. The third-order valence-electron chi connectivity index (χ3n) is 1.24. The molecule has 0 N–H and O–H groups in total. The van der Waals surface area contributed by atoms with Crippen molar-refractivity contribution in [1.82, 2.24) is 0 Å². The first kappa shape index (κ1) is 9.81. The zero-order valence-corrected chi connectivity index (χ0v) is 7.76. The molecule has 0 aromatic heterocycles. The zero-order chi connectivity index (χ0) is 8.97. The molecule has 1 rings (SSSR count). The number of rotatable bonds is 3. The molecule has 0 heterocycles. The van der Waals surface area contributed by atoms with Crippen LogP contribution in [0.1, 0.15) is 0 Å². The van der Waals surface area contributed by atoms with Gasteiger partial charge in [-0.3, -0.25) is 4.39 Å². The van der Waals surface area contributed by atoms with Crippen LogP contribution < -0.4 is 0 Å². The lowest BCUT2D eigenvalue weighted by Gasteiger charge is -1.99. The van der Waals surface area contributed by atoms with Crippen LogP contribution in [0.3, 0.4) is 0 Å². The first-order valence-corrected chi connectivity index (χ1v) is 4.74. The number of hydrogen-bond donors (Lipinski definition) is 0. The zero-order valence-electron chi connectivity index (χ0n) is 6.19. The first-order chi connectivity index (χ1) is 5.74. The normalized spacial score (nSPS) is 10.2. The maximum atomic E-state index is 12.6. The molecule has 0 nitrogen and oxygen atoms in total. The molecule has 0 fully saturated rings. The highest BCUT2D eigenvalue weighted by Crippen LogP contribution is 2.23. The van der Waals surface area contributed by atoms with Crippen molar-refractivity contribution in [3.05, 3.63) is 29.0 Å². The highest BCUT2D eigenvalue weighted by molar-refractivity contribution is 7.99. The van der Waals surface area contributed by atoms with Gasteiger partial charge in [0.25, 0.3) is 0 Å². The van der Waals surface area contributed by atoms with E-state index in [0.717, 1.165) is 4.90 Å². The Hall–Kier alpha value is -0.280. The van der Waals surface area contributed by atoms with Crippen LogP contribution in [-0.2, 0) is 0 Å². The summed E-state index contributed by atoms with van der Waals surface area (Å²) in [6.07, 6.45) is 0. The average Bonchev–Trinajstić information content (AvgIpc) is 2.07. The van der Waals surface area contributed by atoms with Crippen molar-refractivity contribution >= 4 is 23.4 Å². The molecule has 0 atom stereocenters. The fourth-order valence-corrected chi connectivity index (χ4v) is 1.65. The van der Waals surface area contributed by atoms with E-state index < -0.39 is 5.82 Å². The minimum atomic E-state index is -0.443. The van der Waals surface area contributed by atoms with Gasteiger partial charge < -0.3 is 0 Å². The van der Waals surface area contributed by atoms with Gasteiger partial charge in [0.15, 0.2) is 0 Å². The van der Waals surface area contributed by atoms with Gasteiger partial charge in [-0.2, -0.15) is 0 Å². The molecule has 0 radical (unpaired) electrons. The number of halogens is 3. The Morgan fingerprint density at radius 3 is 2.75 bits per heavy atom. The molecule has 0 spiro atoms. The van der Waals surface area contributed by atoms with Gasteiger partial charge in [-0.15, -0.1) is 11.8 Å². The van der Waals surface area contributed by atoms with Crippen LogP contribution in [0.5, 0.6) is 0 Å². The molecule has 0 amide bonds. The SMILES string of the molecule is FCCSc1ccc(F)c(Cl)c1. The van der Waals surface area contributed by atoms with E-state index in [1.54, 1.807) is 6.07 Å². The number of benzene rings is 1. The molecule has 0 bridgehead atoms. The van der Waals surface area contributed by atoms with Crippen LogP contribution in [0.15, 0.2) is 23.1 Å². The fraction of sp³-hybridized carbons (Fsp3) is 0.250. The molecule has 1 aromatic rings. The second-order valence-corrected chi connectivity index (χ2v) is 3.69. The Morgan fingerprint density at radius 2 is 2.17 bits per heavy atom. The van der Waals surface area contributed by atoms with E-state index in [9.17, 15) is 8.78 Å². The third-order valence-corrected chi connectivity index (χ3v) is 2.47. The van der Waals surface area contributed by atoms with Crippen molar-refractivity contribution < 1.29 is 8.78 Å². The molecule has 0 saturated heterocycles. The number of thioether (sulfide) groups is 1. The van der Waals surface area contributed by atoms with Crippen LogP contribution >= 0.6 is 23.4 Å². The van der Waals surface area contributed by atoms with Gasteiger partial charge in [-0.05, 0) is 18.2 Å². The summed E-state index contributed by atoms with van der Waals surface area (Å²) in [5.41, 5.74) is 0. The van der Waals surface area contributed by atoms with Crippen LogP contribution in [0, 0.1) is 5.82 Å². The van der Waals surface area contributed by atoms with Gasteiger partial charge in [0.05, 0.1) is 11.7 Å². The molecule has 1 aromatic carbocycles. The van der Waals surface area contributed by atoms with E-state index in [0.29, 0.717) is 5.75 Å². The molecule has 0 saturated carbocycles. The van der Waals surface area contributed by atoms with Crippen molar-refractivity contribution in [2.24, 2.45) is 0 Å². The second kappa shape index (κ2) is 4.67. The molecule has 4 heteroatoms. The number of hydrogen-bond acceptors (Lipinski definition) is 1. The third kappa shape index (κ3) is 2.64. The average molecular weight is 209 g/mol. The monoisotopic (exact) mass is 208 g/mol. The standard InChI is InChI=1S/C8H7ClF2S/c9-7-5-6(12-4-3-10)1-2-8(7)11/h1-2,5H,3-4H2. The molecule has 0 aliphatic heterocycles. The minimum absolute atomic E-state index is 0.0823. The van der Waals surface area contributed by atoms with Crippen molar-refractivity contribution in [2.45, 2.75) is 4.90 Å². The van der Waals surface area contributed by atoms with Gasteiger partial charge >= 0.3 is 0 Å². The Morgan fingerprint density at radius 1 is 1.42 bits per heavy atom. The highest BCUT2D eigenvalue weighted by Gasteiger charge is 2.00. The summed E-state index contributed by atoms with van der Waals surface area (Å²) >= 11 is 6.83. The summed E-state index contributed by atoms with van der Waals surface area (Å²) in [7, 11) is 0. The largest absolute Gasteiger partial charge is 0.250 e. The van der Waals surface area contributed by atoms with Crippen LogP contribution in [0.2, 0.25) is 5.02 Å². The van der Waals surface area contributed by atoms with Crippen molar-refractivity contribution in [3.63, 3.8) is 0 Å². The summed E-state index contributed by atoms with van der Waals surface area (Å²) in [5.74, 6) is -0.0663. The van der Waals surface area contributed by atoms with E-state index in [2.05, 4.69) is 0 Å². The Kier molecular flexibility index (Phi) is 3.82. The summed E-state index contributed by atoms with van der Waals surface area (Å²) in [6.45, 7) is -0.389. The predicted molar refractivity (Wildman–Crippen MR) is 48.1 cm³/mol. The second-order valence-electron chi connectivity index (χ2n) is 2.11. The van der Waals surface area contributed by atoms with Crippen LogP contribution in [0.4, 0.5) is 8.78 Å². The molecule has 0 aliphatic rings. The summed E-state index contributed by atoms with van der Waals surface area (Å²) in [4.78, 5) is 0.791. The molecule has 12 heavy (non-hydrogen) atoms. The molecular weight excluding hydrogens is 202 g/mol. The lowest BCUT2D eigenvalue weighted by atomic mass is 10.3. The van der Waals surface area contributed by atoms with Gasteiger partial charge in [0.2, 0.25) is 0 Å². The van der Waals surface area contributed by atoms with E-state index >= 15 is 0 Å². The maximum absolute atomic E-state index is 12.6. The fourth-order valence-electron chi connectivity index (χ4n) is 0.723. The minimum Gasteiger partial charge on any atom is -0.250 e. The van der Waals surface area contributed by atoms with Gasteiger partial charge in [0.1, 0.15) is 5.82 Å².